The molecule has 1 fully saturated rings. The molecule has 1 atom stereocenters. The number of rotatable bonds is 5. The lowest BCUT2D eigenvalue weighted by molar-refractivity contribution is 0.236. The molecule has 2 heterocycles. The van der Waals surface area contributed by atoms with E-state index in [1.165, 1.54) is 0 Å². The zero-order chi connectivity index (χ0) is 13.8. The van der Waals surface area contributed by atoms with Crippen molar-refractivity contribution in [2.75, 3.05) is 19.7 Å². The molecule has 20 heavy (non-hydrogen) atoms. The van der Waals surface area contributed by atoms with E-state index in [0.29, 0.717) is 24.2 Å². The van der Waals surface area contributed by atoms with Crippen LogP contribution in [0.1, 0.15) is 18.7 Å². The summed E-state index contributed by atoms with van der Waals surface area (Å²) in [7, 11) is 0. The summed E-state index contributed by atoms with van der Waals surface area (Å²) in [5.41, 5.74) is 0.974. The number of benzene rings is 1. The lowest BCUT2D eigenvalue weighted by Crippen LogP contribution is -2.20. The van der Waals surface area contributed by atoms with E-state index in [1.54, 1.807) is 0 Å². The number of aliphatic hydroxyl groups is 1. The van der Waals surface area contributed by atoms with Gasteiger partial charge in [0, 0.05) is 18.7 Å². The van der Waals surface area contributed by atoms with E-state index < -0.39 is 0 Å². The first-order valence-electron chi connectivity index (χ1n) is 7.06. The van der Waals surface area contributed by atoms with Crippen LogP contribution >= 0.6 is 0 Å². The predicted octanol–water partition coefficient (Wildman–Crippen LogP) is 1.94. The second kappa shape index (κ2) is 6.15. The number of aromatic nitrogens is 2. The SMILES string of the molecule is OCCC1CCN(Cc2nc(-c3ccccc3)no2)C1. The topological polar surface area (TPSA) is 62.4 Å². The molecule has 1 N–H and O–H groups in total. The maximum absolute atomic E-state index is 8.97. The van der Waals surface area contributed by atoms with Gasteiger partial charge in [0.25, 0.3) is 0 Å². The maximum atomic E-state index is 8.97. The van der Waals surface area contributed by atoms with Gasteiger partial charge in [-0.1, -0.05) is 35.5 Å². The van der Waals surface area contributed by atoms with Crippen LogP contribution in [0.3, 0.4) is 0 Å². The molecule has 0 bridgehead atoms. The smallest absolute Gasteiger partial charge is 0.241 e. The molecule has 0 aliphatic carbocycles. The van der Waals surface area contributed by atoms with Crippen LogP contribution in [0.4, 0.5) is 0 Å². The Bertz CT molecular complexity index is 541. The van der Waals surface area contributed by atoms with Crippen molar-refractivity contribution in [1.82, 2.24) is 15.0 Å². The van der Waals surface area contributed by atoms with Crippen molar-refractivity contribution in [1.29, 1.82) is 0 Å². The van der Waals surface area contributed by atoms with Gasteiger partial charge in [0.2, 0.25) is 11.7 Å². The zero-order valence-corrected chi connectivity index (χ0v) is 11.4. The van der Waals surface area contributed by atoms with Crippen molar-refractivity contribution in [3.8, 4) is 11.4 Å². The van der Waals surface area contributed by atoms with Gasteiger partial charge in [-0.3, -0.25) is 4.90 Å². The second-order valence-corrected chi connectivity index (χ2v) is 5.28. The van der Waals surface area contributed by atoms with Crippen LogP contribution in [0.15, 0.2) is 34.9 Å². The third-order valence-electron chi connectivity index (χ3n) is 3.77. The Morgan fingerprint density at radius 1 is 1.30 bits per heavy atom. The normalized spacial score (nSPS) is 19.6. The van der Waals surface area contributed by atoms with Crippen molar-refractivity contribution in [2.45, 2.75) is 19.4 Å². The summed E-state index contributed by atoms with van der Waals surface area (Å²) in [6.45, 7) is 3.01. The molecule has 1 aliphatic rings. The summed E-state index contributed by atoms with van der Waals surface area (Å²) in [6.07, 6.45) is 2.02. The molecule has 0 amide bonds. The van der Waals surface area contributed by atoms with Crippen molar-refractivity contribution in [3.63, 3.8) is 0 Å². The Hall–Kier alpha value is -1.72. The highest BCUT2D eigenvalue weighted by molar-refractivity contribution is 5.53. The fourth-order valence-corrected chi connectivity index (χ4v) is 2.69. The fraction of sp³-hybridized carbons (Fsp3) is 0.467. The molecule has 0 spiro atoms. The van der Waals surface area contributed by atoms with Crippen molar-refractivity contribution in [3.05, 3.63) is 36.2 Å². The van der Waals surface area contributed by atoms with Crippen LogP contribution < -0.4 is 0 Å². The summed E-state index contributed by atoms with van der Waals surface area (Å²) in [5, 5.41) is 13.0. The first-order valence-corrected chi connectivity index (χ1v) is 7.06. The Balaban J connectivity index is 1.61. The summed E-state index contributed by atoms with van der Waals surface area (Å²) >= 11 is 0. The maximum Gasteiger partial charge on any atom is 0.241 e. The number of hydrogen-bond donors (Lipinski definition) is 1. The van der Waals surface area contributed by atoms with E-state index in [0.717, 1.165) is 31.5 Å². The Labute approximate surface area is 118 Å². The van der Waals surface area contributed by atoms with Crippen molar-refractivity contribution < 1.29 is 9.63 Å². The quantitative estimate of drug-likeness (QED) is 0.902. The minimum atomic E-state index is 0.275. The van der Waals surface area contributed by atoms with Gasteiger partial charge in [-0.2, -0.15) is 4.98 Å². The van der Waals surface area contributed by atoms with E-state index in [-0.39, 0.29) is 6.61 Å². The summed E-state index contributed by atoms with van der Waals surface area (Å²) < 4.78 is 5.32. The standard InChI is InChI=1S/C15H19N3O2/c19-9-7-12-6-8-18(10-12)11-14-16-15(17-20-14)13-4-2-1-3-5-13/h1-5,12,19H,6-11H2. The van der Waals surface area contributed by atoms with Gasteiger partial charge in [0.15, 0.2) is 0 Å². The first kappa shape index (κ1) is 13.3. The van der Waals surface area contributed by atoms with Crippen LogP contribution in [0, 0.1) is 5.92 Å². The predicted molar refractivity (Wildman–Crippen MR) is 74.8 cm³/mol. The average molecular weight is 273 g/mol. The number of aliphatic hydroxyl groups excluding tert-OH is 1. The lowest BCUT2D eigenvalue weighted by Gasteiger charge is -2.12. The van der Waals surface area contributed by atoms with Crippen LogP contribution in [-0.4, -0.2) is 39.8 Å². The van der Waals surface area contributed by atoms with Gasteiger partial charge in [0.1, 0.15) is 0 Å². The molecular weight excluding hydrogens is 254 g/mol. The van der Waals surface area contributed by atoms with Gasteiger partial charge in [0.05, 0.1) is 6.54 Å². The molecule has 3 rings (SSSR count). The third kappa shape index (κ3) is 3.05. The highest BCUT2D eigenvalue weighted by atomic mass is 16.5. The highest BCUT2D eigenvalue weighted by Gasteiger charge is 2.23. The highest BCUT2D eigenvalue weighted by Crippen LogP contribution is 2.21. The Morgan fingerprint density at radius 3 is 2.95 bits per heavy atom. The van der Waals surface area contributed by atoms with Gasteiger partial charge in [-0.05, 0) is 25.3 Å². The molecule has 1 aromatic carbocycles. The zero-order valence-electron chi connectivity index (χ0n) is 11.4. The van der Waals surface area contributed by atoms with Gasteiger partial charge in [-0.25, -0.2) is 0 Å². The van der Waals surface area contributed by atoms with Gasteiger partial charge in [-0.15, -0.1) is 0 Å². The minimum absolute atomic E-state index is 0.275. The van der Waals surface area contributed by atoms with E-state index >= 15 is 0 Å². The van der Waals surface area contributed by atoms with Crippen LogP contribution in [0.2, 0.25) is 0 Å². The molecule has 1 unspecified atom stereocenters. The lowest BCUT2D eigenvalue weighted by atomic mass is 10.1. The number of hydrogen-bond acceptors (Lipinski definition) is 5. The monoisotopic (exact) mass is 273 g/mol. The average Bonchev–Trinajstić information content (AvgIpc) is 3.11. The van der Waals surface area contributed by atoms with Gasteiger partial charge < -0.3 is 9.63 Å². The Kier molecular flexibility index (Phi) is 4.08. The van der Waals surface area contributed by atoms with Crippen LogP contribution in [-0.2, 0) is 6.54 Å². The van der Waals surface area contributed by atoms with Crippen LogP contribution in [0.25, 0.3) is 11.4 Å². The molecule has 106 valence electrons. The minimum Gasteiger partial charge on any atom is -0.396 e. The van der Waals surface area contributed by atoms with Crippen molar-refractivity contribution in [2.24, 2.45) is 5.92 Å². The first-order chi connectivity index (χ1) is 9.85. The molecule has 5 heteroatoms. The number of likely N-dealkylation sites (tertiary alicyclic amines) is 1. The molecule has 0 radical (unpaired) electrons. The van der Waals surface area contributed by atoms with E-state index in [1.807, 2.05) is 30.3 Å². The second-order valence-electron chi connectivity index (χ2n) is 5.28. The summed E-state index contributed by atoms with van der Waals surface area (Å²) in [4.78, 5) is 6.75. The van der Waals surface area contributed by atoms with Crippen molar-refractivity contribution >= 4 is 0 Å². The third-order valence-corrected chi connectivity index (χ3v) is 3.77. The summed E-state index contributed by atoms with van der Waals surface area (Å²) in [6, 6.07) is 9.84. The van der Waals surface area contributed by atoms with E-state index in [2.05, 4.69) is 15.0 Å². The molecule has 1 aromatic heterocycles. The largest absolute Gasteiger partial charge is 0.396 e. The van der Waals surface area contributed by atoms with Gasteiger partial charge >= 0.3 is 0 Å². The van der Waals surface area contributed by atoms with Crippen LogP contribution in [0.5, 0.6) is 0 Å². The summed E-state index contributed by atoms with van der Waals surface area (Å²) in [5.74, 6) is 1.90. The van der Waals surface area contributed by atoms with E-state index in [4.69, 9.17) is 9.63 Å². The molecule has 2 aromatic rings. The molecule has 1 saturated heterocycles. The molecule has 1 aliphatic heterocycles. The van der Waals surface area contributed by atoms with E-state index in [9.17, 15) is 0 Å². The molecule has 5 nitrogen and oxygen atoms in total. The fourth-order valence-electron chi connectivity index (χ4n) is 2.69. The molecular formula is C15H19N3O2. The number of nitrogens with zero attached hydrogens (tertiary/aromatic N) is 3. The molecule has 0 saturated carbocycles. The Morgan fingerprint density at radius 2 is 2.15 bits per heavy atom.